The Labute approximate surface area is 382 Å². The van der Waals surface area contributed by atoms with Gasteiger partial charge in [0.15, 0.2) is 18.9 Å². The molecule has 0 aromatic carbocycles. The number of carbonyl (C=O) groups excluding carboxylic acids is 1. The van der Waals surface area contributed by atoms with Crippen LogP contribution >= 0.6 is 0 Å². The summed E-state index contributed by atoms with van der Waals surface area (Å²) in [4.78, 5) is 13.8. The molecular weight excluding hydrogens is 849 g/mol. The molecular formula is C48H78O17. The minimum atomic E-state index is -1.86. The molecule has 65 heavy (non-hydrogen) atoms. The fourth-order valence-electron chi connectivity index (χ4n) is 14.9. The lowest BCUT2D eigenvalue weighted by molar-refractivity contribution is -0.398. The summed E-state index contributed by atoms with van der Waals surface area (Å²) in [6.07, 6.45) is -15.1. The summed E-state index contributed by atoms with van der Waals surface area (Å²) >= 11 is 0. The highest BCUT2D eigenvalue weighted by Gasteiger charge is 2.70. The Morgan fingerprint density at radius 1 is 0.646 bits per heavy atom. The van der Waals surface area contributed by atoms with Gasteiger partial charge in [-0.05, 0) is 97.7 Å². The first-order chi connectivity index (χ1) is 30.4. The lowest BCUT2D eigenvalue weighted by Gasteiger charge is -2.71. The number of Topliss-reactive ketones (excluding diaryl/α,β-unsaturated/α-hetero) is 1. The molecule has 0 amide bonds. The van der Waals surface area contributed by atoms with E-state index < -0.39 is 117 Å². The summed E-state index contributed by atoms with van der Waals surface area (Å²) in [6.45, 7) is 15.7. The molecule has 0 radical (unpaired) electrons. The molecule has 10 N–H and O–H groups in total. The van der Waals surface area contributed by atoms with Gasteiger partial charge in [-0.3, -0.25) is 4.79 Å². The summed E-state index contributed by atoms with van der Waals surface area (Å²) in [7, 11) is 0. The highest BCUT2D eigenvalue weighted by atomic mass is 16.8. The van der Waals surface area contributed by atoms with Crippen molar-refractivity contribution in [3.63, 3.8) is 0 Å². The van der Waals surface area contributed by atoms with Crippen molar-refractivity contribution in [2.24, 2.45) is 50.2 Å². The number of ether oxygens (including phenoxy) is 6. The topological polar surface area (TPSA) is 275 Å². The maximum Gasteiger partial charge on any atom is 0.187 e. The van der Waals surface area contributed by atoms with E-state index in [1.54, 1.807) is 0 Å². The van der Waals surface area contributed by atoms with Gasteiger partial charge in [0.25, 0.3) is 0 Å². The summed E-state index contributed by atoms with van der Waals surface area (Å²) in [6, 6.07) is 0. The first-order valence-electron chi connectivity index (χ1n) is 24.1. The van der Waals surface area contributed by atoms with Crippen molar-refractivity contribution in [2.75, 3.05) is 19.8 Å². The van der Waals surface area contributed by atoms with Crippen LogP contribution in [0.1, 0.15) is 113 Å². The predicted octanol–water partition coefficient (Wildman–Crippen LogP) is 0.821. The highest BCUT2D eigenvalue weighted by molar-refractivity contribution is 5.87. The zero-order valence-electron chi connectivity index (χ0n) is 39.4. The largest absolute Gasteiger partial charge is 0.396 e. The van der Waals surface area contributed by atoms with Crippen molar-refractivity contribution in [1.82, 2.24) is 0 Å². The van der Waals surface area contributed by atoms with Crippen molar-refractivity contribution < 1.29 is 84.3 Å². The quantitative estimate of drug-likeness (QED) is 0.113. The minimum absolute atomic E-state index is 0.0221. The SMILES string of the molecule is C[C@@H]1O[C@@H](O[C@H]2[C@H](O[C@H]3[C@H](O[C@H]4CC[C@@]5(C)[C@@H](CC[C@]6(C)[C@@H]5CC=C5[C@@H]7CC(C)(C)CC(=O)[C@]7(C)CC[C@]56C)[C@@]4(C)CO)O[C@H](CO)[C@@H](O)[C@@H]3O)O[C@H](CO)[C@H](O)[C@@H]2O)[C@H](O)[C@H](O)[C@H]1O. The molecule has 8 rings (SSSR count). The van der Waals surface area contributed by atoms with Crippen LogP contribution in [0.25, 0.3) is 0 Å². The van der Waals surface area contributed by atoms with Crippen molar-refractivity contribution >= 4 is 5.78 Å². The molecule has 0 aromatic rings. The van der Waals surface area contributed by atoms with E-state index in [-0.39, 0.29) is 51.4 Å². The normalized spacial score (nSPS) is 55.6. The zero-order chi connectivity index (χ0) is 47.6. The second-order valence-corrected chi connectivity index (χ2v) is 23.4. The third kappa shape index (κ3) is 7.77. The maximum absolute atomic E-state index is 13.8. The number of allylic oxidation sites excluding steroid dienone is 2. The predicted molar refractivity (Wildman–Crippen MR) is 229 cm³/mol. The van der Waals surface area contributed by atoms with Gasteiger partial charge in [-0.15, -0.1) is 0 Å². The Hall–Kier alpha value is -1.23. The van der Waals surface area contributed by atoms with Gasteiger partial charge >= 0.3 is 0 Å². The summed E-state index contributed by atoms with van der Waals surface area (Å²) in [5.41, 5.74) is -0.208. The van der Waals surface area contributed by atoms with Gasteiger partial charge in [-0.2, -0.15) is 0 Å². The van der Waals surface area contributed by atoms with Crippen molar-refractivity contribution in [3.05, 3.63) is 11.6 Å². The number of aliphatic hydroxyl groups is 10. The molecule has 7 fully saturated rings. The van der Waals surface area contributed by atoms with Crippen LogP contribution in [0, 0.1) is 50.2 Å². The molecule has 17 heteroatoms. The maximum atomic E-state index is 13.8. The molecule has 5 aliphatic carbocycles. The number of carbonyl (C=O) groups is 1. The molecule has 3 saturated heterocycles. The van der Waals surface area contributed by atoms with E-state index in [9.17, 15) is 55.9 Å². The molecule has 8 aliphatic rings. The van der Waals surface area contributed by atoms with Crippen LogP contribution in [0.5, 0.6) is 0 Å². The van der Waals surface area contributed by atoms with E-state index in [4.69, 9.17) is 28.4 Å². The molecule has 372 valence electrons. The number of hydrogen-bond donors (Lipinski definition) is 10. The molecule has 0 bridgehead atoms. The second-order valence-electron chi connectivity index (χ2n) is 23.4. The van der Waals surface area contributed by atoms with E-state index in [2.05, 4.69) is 47.6 Å². The standard InChI is InChI=1S/C48H78O17/c1-22-31(53)34(56)37(59)40(60-22)64-39-36(58)33(55)26(20-50)62-42(39)65-38-35(57)32(54)25(19-49)61-41(38)63-30-12-13-45(5)27(46(30,6)21-51)11-14-48(8)28(45)10-9-23-24-17-43(2,3)18-29(52)44(24,4)15-16-47(23,48)7/h9,22,24-28,30-42,49-51,53-59H,10-21H2,1-8H3/t22-,24-,25+,26+,27+,28+,30-,31-,32+,33-,34+,35-,36-,37+,38+,39+,40-,41-,42-,44+,45-,46+,47+,48+/m0/s1. The Balaban J connectivity index is 1.07. The van der Waals surface area contributed by atoms with E-state index in [1.807, 2.05) is 6.92 Å². The van der Waals surface area contributed by atoms with E-state index in [0.29, 0.717) is 18.6 Å². The lowest BCUT2D eigenvalue weighted by Crippen LogP contribution is -2.68. The molecule has 3 heterocycles. The minimum Gasteiger partial charge on any atom is -0.396 e. The number of rotatable bonds is 9. The van der Waals surface area contributed by atoms with Crippen LogP contribution in [0.2, 0.25) is 0 Å². The number of ketones is 1. The van der Waals surface area contributed by atoms with Crippen LogP contribution in [-0.4, -0.2) is 175 Å². The van der Waals surface area contributed by atoms with Crippen LogP contribution in [0.4, 0.5) is 0 Å². The molecule has 24 atom stereocenters. The van der Waals surface area contributed by atoms with E-state index in [1.165, 1.54) is 12.5 Å². The van der Waals surface area contributed by atoms with Gasteiger partial charge in [-0.25, -0.2) is 0 Å². The molecule has 4 saturated carbocycles. The monoisotopic (exact) mass is 927 g/mol. The average molecular weight is 927 g/mol. The average Bonchev–Trinajstić information content (AvgIpc) is 3.25. The third-order valence-corrected chi connectivity index (χ3v) is 19.3. The van der Waals surface area contributed by atoms with Crippen LogP contribution in [0.3, 0.4) is 0 Å². The number of fused-ring (bicyclic) bond motifs is 7. The van der Waals surface area contributed by atoms with E-state index >= 15 is 0 Å². The molecule has 0 spiro atoms. The van der Waals surface area contributed by atoms with Crippen LogP contribution in [0.15, 0.2) is 11.6 Å². The summed E-state index contributed by atoms with van der Waals surface area (Å²) in [5.74, 6) is 0.839. The van der Waals surface area contributed by atoms with Gasteiger partial charge in [0, 0.05) is 17.3 Å². The second kappa shape index (κ2) is 17.6. The van der Waals surface area contributed by atoms with Crippen molar-refractivity contribution in [2.45, 2.75) is 211 Å². The van der Waals surface area contributed by atoms with Crippen LogP contribution in [-0.2, 0) is 33.2 Å². The fraction of sp³-hybridized carbons (Fsp3) is 0.938. The lowest BCUT2D eigenvalue weighted by atomic mass is 9.33. The smallest absolute Gasteiger partial charge is 0.187 e. The van der Waals surface area contributed by atoms with Gasteiger partial charge in [-0.1, -0.05) is 60.1 Å². The first kappa shape index (κ1) is 50.2. The Bertz CT molecular complexity index is 1780. The van der Waals surface area contributed by atoms with Gasteiger partial charge in [0.2, 0.25) is 0 Å². The summed E-state index contributed by atoms with van der Waals surface area (Å²) < 4.78 is 36.7. The van der Waals surface area contributed by atoms with Crippen molar-refractivity contribution in [3.8, 4) is 0 Å². The molecule has 0 aromatic heterocycles. The highest BCUT2D eigenvalue weighted by Crippen LogP contribution is 2.75. The third-order valence-electron chi connectivity index (χ3n) is 19.3. The Kier molecular flexibility index (Phi) is 13.6. The van der Waals surface area contributed by atoms with Gasteiger partial charge in [0.05, 0.1) is 32.0 Å². The Morgan fingerprint density at radius 2 is 1.23 bits per heavy atom. The molecule has 0 unspecified atom stereocenters. The fourth-order valence-corrected chi connectivity index (χ4v) is 14.9. The molecule has 3 aliphatic heterocycles. The molecule has 17 nitrogen and oxygen atoms in total. The Morgan fingerprint density at radius 3 is 1.82 bits per heavy atom. The van der Waals surface area contributed by atoms with E-state index in [0.717, 1.165) is 44.9 Å². The zero-order valence-corrected chi connectivity index (χ0v) is 39.4. The first-order valence-corrected chi connectivity index (χ1v) is 24.1. The van der Waals surface area contributed by atoms with Gasteiger partial charge in [0.1, 0.15) is 72.9 Å². The van der Waals surface area contributed by atoms with Gasteiger partial charge < -0.3 is 79.5 Å². The van der Waals surface area contributed by atoms with Crippen molar-refractivity contribution in [1.29, 1.82) is 0 Å². The van der Waals surface area contributed by atoms with Crippen LogP contribution < -0.4 is 0 Å². The number of hydrogen-bond acceptors (Lipinski definition) is 17. The number of aliphatic hydroxyl groups excluding tert-OH is 10. The summed E-state index contributed by atoms with van der Waals surface area (Å²) in [5, 5.41) is 108.